The van der Waals surface area contributed by atoms with Crippen molar-refractivity contribution in [2.24, 2.45) is 5.73 Å². The molecule has 0 radical (unpaired) electrons. The molecule has 16 nitrogen and oxygen atoms in total. The summed E-state index contributed by atoms with van der Waals surface area (Å²) in [6.07, 6.45) is 8.02. The molecule has 0 aliphatic carbocycles. The van der Waals surface area contributed by atoms with Crippen molar-refractivity contribution in [3.8, 4) is 0 Å². The van der Waals surface area contributed by atoms with E-state index in [0.29, 0.717) is 30.9 Å². The minimum Gasteiger partial charge on any atom is -0.481 e. The molecule has 57 heavy (non-hydrogen) atoms. The number of aliphatic carboxylic acids is 1. The quantitative estimate of drug-likeness (QED) is 0.0395. The fourth-order valence-electron chi connectivity index (χ4n) is 6.22. The first-order valence-electron chi connectivity index (χ1n) is 19.1. The lowest BCUT2D eigenvalue weighted by Gasteiger charge is -2.32. The number of carbonyl (C=O) groups excluding carboxylic acids is 5. The summed E-state index contributed by atoms with van der Waals surface area (Å²) in [5.74, 6) is -3.58. The minimum atomic E-state index is -1.37. The number of H-pyrrole nitrogens is 1. The van der Waals surface area contributed by atoms with Crippen molar-refractivity contribution in [2.75, 3.05) is 11.9 Å². The van der Waals surface area contributed by atoms with Crippen LogP contribution in [0.15, 0.2) is 79.1 Å². The Morgan fingerprint density at radius 3 is 2.39 bits per heavy atom. The topological polar surface area (TPSA) is 250 Å². The second-order valence-electron chi connectivity index (χ2n) is 13.6. The number of fused-ring (bicyclic) bond motifs is 1. The molecular weight excluding hydrogens is 731 g/mol. The summed E-state index contributed by atoms with van der Waals surface area (Å²) >= 11 is 0. The first-order valence-corrected chi connectivity index (χ1v) is 19.1. The van der Waals surface area contributed by atoms with Crippen LogP contribution in [-0.4, -0.2) is 79.7 Å². The highest BCUT2D eigenvalue weighted by Crippen LogP contribution is 2.21. The van der Waals surface area contributed by atoms with E-state index in [1.807, 2.05) is 37.3 Å². The Morgan fingerprint density at radius 2 is 1.68 bits per heavy atom. The van der Waals surface area contributed by atoms with Gasteiger partial charge < -0.3 is 42.4 Å². The third kappa shape index (κ3) is 13.3. The molecule has 0 spiro atoms. The number of carbonyl (C=O) groups is 6. The average Bonchev–Trinajstić information content (AvgIpc) is 3.61. The van der Waals surface area contributed by atoms with E-state index >= 15 is 0 Å². The van der Waals surface area contributed by atoms with Crippen molar-refractivity contribution in [1.29, 1.82) is 0 Å². The number of rotatable bonds is 23. The Hall–Kier alpha value is -6.58. The lowest BCUT2D eigenvalue weighted by molar-refractivity contribution is -0.137. The van der Waals surface area contributed by atoms with E-state index in [0.717, 1.165) is 16.6 Å². The molecule has 2 aromatic heterocycles. The standard InChI is InChI=1S/C41H51N9O7/c1-3-22-41(4-2,39(42)57)50-38(56)33(18-10-19-35(52)53)47-37(55)32(17-7-8-24-44-34(51)21-20-27-12-11-23-43-26-27)46-36(54)28-13-9-14-29(25-28)45-40-48-30-15-5-6-16-31(30)49-40/h5-6,9,11-16,20-21,23,25-26,32-33H,3-4,7-8,10,17-19,22,24H2,1-2H3,(H2,42,57)(H,44,51)(H,46,54)(H,47,55)(H,50,56)(H,52,53)(H2,45,48,49)/b21-20+/t32-,33-,41?/m1/s1. The van der Waals surface area contributed by atoms with Gasteiger partial charge in [-0.3, -0.25) is 33.8 Å². The molecule has 0 saturated heterocycles. The van der Waals surface area contributed by atoms with Gasteiger partial charge in [-0.05, 0) is 93.0 Å². The van der Waals surface area contributed by atoms with Crippen LogP contribution in [0.2, 0.25) is 0 Å². The summed E-state index contributed by atoms with van der Waals surface area (Å²) in [4.78, 5) is 89.3. The normalized spacial score (nSPS) is 13.2. The zero-order valence-electron chi connectivity index (χ0n) is 32.2. The molecule has 0 fully saturated rings. The van der Waals surface area contributed by atoms with E-state index < -0.39 is 47.2 Å². The summed E-state index contributed by atoms with van der Waals surface area (Å²) in [7, 11) is 0. The largest absolute Gasteiger partial charge is 0.481 e. The molecule has 0 bridgehead atoms. The molecule has 3 atom stereocenters. The van der Waals surface area contributed by atoms with Crippen molar-refractivity contribution < 1.29 is 33.9 Å². The van der Waals surface area contributed by atoms with Crippen LogP contribution in [-0.2, 0) is 24.0 Å². The molecule has 0 aliphatic heterocycles. The van der Waals surface area contributed by atoms with Crippen LogP contribution in [0.25, 0.3) is 17.1 Å². The lowest BCUT2D eigenvalue weighted by Crippen LogP contribution is -2.62. The lowest BCUT2D eigenvalue weighted by atomic mass is 9.89. The van der Waals surface area contributed by atoms with Crippen LogP contribution in [0.3, 0.4) is 0 Å². The maximum absolute atomic E-state index is 14.0. The number of nitrogens with two attached hydrogens (primary N) is 1. The number of aromatic amines is 1. The fraction of sp³-hybridized carbons (Fsp3) is 0.366. The molecule has 2 aromatic carbocycles. The van der Waals surface area contributed by atoms with Crippen molar-refractivity contribution in [3.05, 3.63) is 90.3 Å². The van der Waals surface area contributed by atoms with Gasteiger partial charge >= 0.3 is 5.97 Å². The molecular formula is C41H51N9O7. The number of primary amides is 1. The smallest absolute Gasteiger partial charge is 0.303 e. The maximum Gasteiger partial charge on any atom is 0.303 e. The van der Waals surface area contributed by atoms with Gasteiger partial charge in [0.2, 0.25) is 29.6 Å². The van der Waals surface area contributed by atoms with Gasteiger partial charge in [0.05, 0.1) is 11.0 Å². The van der Waals surface area contributed by atoms with E-state index in [2.05, 4.69) is 41.5 Å². The van der Waals surface area contributed by atoms with Crippen LogP contribution < -0.4 is 32.3 Å². The number of nitrogens with zero attached hydrogens (tertiary/aromatic N) is 2. The number of imidazole rings is 1. The first-order chi connectivity index (χ1) is 27.4. The molecule has 0 aliphatic rings. The van der Waals surface area contributed by atoms with E-state index in [4.69, 9.17) is 5.73 Å². The van der Waals surface area contributed by atoms with Crippen molar-refractivity contribution in [3.63, 3.8) is 0 Å². The first kappa shape index (κ1) is 43.2. The highest BCUT2D eigenvalue weighted by Gasteiger charge is 2.38. The molecule has 0 saturated carbocycles. The van der Waals surface area contributed by atoms with E-state index in [1.54, 1.807) is 55.7 Å². The second-order valence-corrected chi connectivity index (χ2v) is 13.6. The zero-order chi connectivity index (χ0) is 41.2. The number of carboxylic acid groups (broad SMARTS) is 1. The molecule has 4 aromatic rings. The number of carboxylic acids is 1. The summed E-state index contributed by atoms with van der Waals surface area (Å²) in [6.45, 7) is 3.84. The fourth-order valence-corrected chi connectivity index (χ4v) is 6.22. The highest BCUT2D eigenvalue weighted by molar-refractivity contribution is 5.99. The number of nitrogens with one attached hydrogen (secondary N) is 6. The number of benzene rings is 2. The SMILES string of the molecule is CCCC(CC)(NC(=O)[C@@H](CCCC(=O)O)NC(=O)[C@@H](CCCCNC(=O)/C=C/c1cccnc1)NC(=O)c1cccc(Nc2nc3ccccc3[nH]2)c1)C(N)=O. The number of hydrogen-bond acceptors (Lipinski definition) is 9. The molecule has 1 unspecified atom stereocenters. The number of pyridine rings is 1. The van der Waals surface area contributed by atoms with Crippen LogP contribution in [0.1, 0.15) is 87.6 Å². The van der Waals surface area contributed by atoms with E-state index in [-0.39, 0.29) is 56.5 Å². The Bertz CT molecular complexity index is 2000. The number of aromatic nitrogens is 3. The molecule has 5 amide bonds. The van der Waals surface area contributed by atoms with Crippen LogP contribution in [0.4, 0.5) is 11.6 Å². The van der Waals surface area contributed by atoms with Crippen molar-refractivity contribution >= 4 is 64.3 Å². The third-order valence-electron chi connectivity index (χ3n) is 9.36. The van der Waals surface area contributed by atoms with Gasteiger partial charge in [-0.25, -0.2) is 4.98 Å². The molecule has 302 valence electrons. The predicted molar refractivity (Wildman–Crippen MR) is 216 cm³/mol. The Balaban J connectivity index is 1.49. The maximum atomic E-state index is 14.0. The van der Waals surface area contributed by atoms with Gasteiger partial charge in [0, 0.05) is 42.7 Å². The van der Waals surface area contributed by atoms with E-state index in [1.165, 1.54) is 6.08 Å². The third-order valence-corrected chi connectivity index (χ3v) is 9.36. The summed E-state index contributed by atoms with van der Waals surface area (Å²) < 4.78 is 0. The monoisotopic (exact) mass is 781 g/mol. The number of hydrogen-bond donors (Lipinski definition) is 8. The van der Waals surface area contributed by atoms with Crippen molar-refractivity contribution in [1.82, 2.24) is 36.2 Å². The number of anilines is 2. The van der Waals surface area contributed by atoms with Gasteiger partial charge in [-0.15, -0.1) is 0 Å². The van der Waals surface area contributed by atoms with Gasteiger partial charge in [0.25, 0.3) is 5.91 Å². The number of amides is 5. The van der Waals surface area contributed by atoms with Crippen LogP contribution in [0.5, 0.6) is 0 Å². The number of para-hydroxylation sites is 2. The van der Waals surface area contributed by atoms with Gasteiger partial charge in [-0.2, -0.15) is 0 Å². The predicted octanol–water partition coefficient (Wildman–Crippen LogP) is 4.09. The Morgan fingerprint density at radius 1 is 0.912 bits per heavy atom. The summed E-state index contributed by atoms with van der Waals surface area (Å²) in [5.41, 5.74) is 7.52. The molecule has 2 heterocycles. The molecule has 4 rings (SSSR count). The molecule has 16 heteroatoms. The Kier molecular flexibility index (Phi) is 16.3. The van der Waals surface area contributed by atoms with Gasteiger partial charge in [0.15, 0.2) is 0 Å². The van der Waals surface area contributed by atoms with Crippen LogP contribution in [0, 0.1) is 0 Å². The summed E-state index contributed by atoms with van der Waals surface area (Å²) in [6, 6.07) is 15.4. The summed E-state index contributed by atoms with van der Waals surface area (Å²) in [5, 5.41) is 23.4. The van der Waals surface area contributed by atoms with Crippen molar-refractivity contribution in [2.45, 2.75) is 89.3 Å². The van der Waals surface area contributed by atoms with Gasteiger partial charge in [0.1, 0.15) is 17.6 Å². The number of unbranched alkanes of at least 4 members (excludes halogenated alkanes) is 1. The molecule has 9 N–H and O–H groups in total. The Labute approximate surface area is 330 Å². The minimum absolute atomic E-state index is 0.0498. The average molecular weight is 782 g/mol. The van der Waals surface area contributed by atoms with Gasteiger partial charge in [-0.1, -0.05) is 44.5 Å². The second kappa shape index (κ2) is 21.5. The van der Waals surface area contributed by atoms with E-state index in [9.17, 15) is 33.9 Å². The zero-order valence-corrected chi connectivity index (χ0v) is 32.2. The highest BCUT2D eigenvalue weighted by atomic mass is 16.4. The van der Waals surface area contributed by atoms with Crippen LogP contribution >= 0.6 is 0 Å².